The normalized spacial score (nSPS) is 14.7. The summed E-state index contributed by atoms with van der Waals surface area (Å²) in [6.07, 6.45) is 0.826. The summed E-state index contributed by atoms with van der Waals surface area (Å²) < 4.78 is 14.8. The van der Waals surface area contributed by atoms with Crippen molar-refractivity contribution < 1.29 is 9.18 Å². The van der Waals surface area contributed by atoms with Gasteiger partial charge in [0, 0.05) is 31.9 Å². The van der Waals surface area contributed by atoms with E-state index in [0.29, 0.717) is 36.0 Å². The Labute approximate surface area is 174 Å². The van der Waals surface area contributed by atoms with E-state index in [1.165, 1.54) is 12.1 Å². The van der Waals surface area contributed by atoms with E-state index in [9.17, 15) is 9.18 Å². The number of amides is 1. The molecular formula is C22H22ClFN4O. The number of hydrogen-bond acceptors (Lipinski definition) is 3. The van der Waals surface area contributed by atoms with Gasteiger partial charge in [0.25, 0.3) is 5.91 Å². The SMILES string of the molecule is Cc1nn(-c2ccccc2)c(Cl)c1C(=O)N1CCCN(c2ccc(F)cc2)CC1. The van der Waals surface area contributed by atoms with Crippen LogP contribution in [0.2, 0.25) is 5.15 Å². The monoisotopic (exact) mass is 412 g/mol. The molecule has 1 aliphatic rings. The third-order valence-corrected chi connectivity index (χ3v) is 5.54. The maximum atomic E-state index is 13.2. The zero-order valence-corrected chi connectivity index (χ0v) is 16.9. The Morgan fingerprint density at radius 1 is 0.966 bits per heavy atom. The molecule has 2 heterocycles. The Bertz CT molecular complexity index is 1000. The summed E-state index contributed by atoms with van der Waals surface area (Å²) >= 11 is 6.57. The Morgan fingerprint density at radius 3 is 2.41 bits per heavy atom. The molecule has 0 unspecified atom stereocenters. The van der Waals surface area contributed by atoms with Gasteiger partial charge in [0.15, 0.2) is 0 Å². The molecule has 5 nitrogen and oxygen atoms in total. The zero-order chi connectivity index (χ0) is 20.4. The highest BCUT2D eigenvalue weighted by Crippen LogP contribution is 2.26. The molecule has 0 atom stereocenters. The van der Waals surface area contributed by atoms with Crippen LogP contribution < -0.4 is 4.90 Å². The first-order valence-corrected chi connectivity index (χ1v) is 10.0. The molecule has 0 aliphatic carbocycles. The van der Waals surface area contributed by atoms with E-state index in [1.54, 1.807) is 23.7 Å². The summed E-state index contributed by atoms with van der Waals surface area (Å²) in [6, 6.07) is 16.0. The topological polar surface area (TPSA) is 41.4 Å². The summed E-state index contributed by atoms with van der Waals surface area (Å²) in [5, 5.41) is 4.81. The van der Waals surface area contributed by atoms with Crippen LogP contribution >= 0.6 is 11.6 Å². The largest absolute Gasteiger partial charge is 0.370 e. The summed E-state index contributed by atoms with van der Waals surface area (Å²) in [4.78, 5) is 17.2. The lowest BCUT2D eigenvalue weighted by Crippen LogP contribution is -2.35. The van der Waals surface area contributed by atoms with E-state index in [0.717, 1.165) is 24.3 Å². The highest BCUT2D eigenvalue weighted by atomic mass is 35.5. The number of anilines is 1. The van der Waals surface area contributed by atoms with E-state index in [2.05, 4.69) is 10.00 Å². The van der Waals surface area contributed by atoms with Crippen molar-refractivity contribution in [2.24, 2.45) is 0 Å². The van der Waals surface area contributed by atoms with E-state index in [1.807, 2.05) is 35.2 Å². The lowest BCUT2D eigenvalue weighted by molar-refractivity contribution is 0.0766. The Balaban J connectivity index is 1.53. The Morgan fingerprint density at radius 2 is 1.69 bits per heavy atom. The maximum absolute atomic E-state index is 13.2. The minimum Gasteiger partial charge on any atom is -0.370 e. The summed E-state index contributed by atoms with van der Waals surface area (Å²) in [5.41, 5.74) is 2.85. The smallest absolute Gasteiger partial charge is 0.258 e. The predicted octanol–water partition coefficient (Wildman–Crippen LogP) is 4.33. The van der Waals surface area contributed by atoms with Crippen molar-refractivity contribution in [3.05, 3.63) is 76.8 Å². The molecule has 0 bridgehead atoms. The molecular weight excluding hydrogens is 391 g/mol. The van der Waals surface area contributed by atoms with Crippen LogP contribution in [0.5, 0.6) is 0 Å². The average Bonchev–Trinajstić information content (AvgIpc) is 2.90. The van der Waals surface area contributed by atoms with Crippen LogP contribution in [0.4, 0.5) is 10.1 Å². The van der Waals surface area contributed by atoms with Crippen LogP contribution in [0.3, 0.4) is 0 Å². The van der Waals surface area contributed by atoms with Crippen LogP contribution in [0.1, 0.15) is 22.5 Å². The molecule has 1 fully saturated rings. The van der Waals surface area contributed by atoms with Gasteiger partial charge >= 0.3 is 0 Å². The highest BCUT2D eigenvalue weighted by Gasteiger charge is 2.27. The number of nitrogens with zero attached hydrogens (tertiary/aromatic N) is 4. The lowest BCUT2D eigenvalue weighted by Gasteiger charge is -2.23. The molecule has 1 saturated heterocycles. The van der Waals surface area contributed by atoms with Gasteiger partial charge in [-0.2, -0.15) is 5.10 Å². The van der Waals surface area contributed by atoms with Crippen molar-refractivity contribution in [2.75, 3.05) is 31.1 Å². The van der Waals surface area contributed by atoms with E-state index in [-0.39, 0.29) is 11.7 Å². The summed E-state index contributed by atoms with van der Waals surface area (Å²) in [5.74, 6) is -0.350. The van der Waals surface area contributed by atoms with Crippen LogP contribution in [0.25, 0.3) is 5.69 Å². The van der Waals surface area contributed by atoms with Gasteiger partial charge in [-0.05, 0) is 49.7 Å². The number of aromatic nitrogens is 2. The molecule has 0 radical (unpaired) electrons. The van der Waals surface area contributed by atoms with Gasteiger partial charge in [-0.15, -0.1) is 0 Å². The molecule has 0 spiro atoms. The van der Waals surface area contributed by atoms with Crippen LogP contribution in [-0.4, -0.2) is 46.8 Å². The maximum Gasteiger partial charge on any atom is 0.258 e. The van der Waals surface area contributed by atoms with Gasteiger partial charge in [0.1, 0.15) is 11.0 Å². The van der Waals surface area contributed by atoms with Crippen molar-refractivity contribution in [1.82, 2.24) is 14.7 Å². The van der Waals surface area contributed by atoms with E-state index >= 15 is 0 Å². The molecule has 29 heavy (non-hydrogen) atoms. The second kappa shape index (κ2) is 8.25. The molecule has 1 aliphatic heterocycles. The van der Waals surface area contributed by atoms with Crippen molar-refractivity contribution in [1.29, 1.82) is 0 Å². The minimum absolute atomic E-state index is 0.101. The Kier molecular flexibility index (Phi) is 5.53. The van der Waals surface area contributed by atoms with E-state index in [4.69, 9.17) is 11.6 Å². The summed E-state index contributed by atoms with van der Waals surface area (Å²) in [6.45, 7) is 4.51. The first-order chi connectivity index (χ1) is 14.0. The molecule has 0 N–H and O–H groups in total. The number of aryl methyl sites for hydroxylation is 1. The van der Waals surface area contributed by atoms with Gasteiger partial charge in [0.2, 0.25) is 0 Å². The minimum atomic E-state index is -0.249. The molecule has 0 saturated carbocycles. The fraction of sp³-hybridized carbons (Fsp3) is 0.273. The second-order valence-corrected chi connectivity index (χ2v) is 7.47. The van der Waals surface area contributed by atoms with E-state index < -0.39 is 0 Å². The fourth-order valence-electron chi connectivity index (χ4n) is 3.67. The van der Waals surface area contributed by atoms with Crippen molar-refractivity contribution in [2.45, 2.75) is 13.3 Å². The first-order valence-electron chi connectivity index (χ1n) is 9.65. The van der Waals surface area contributed by atoms with Crippen LogP contribution in [-0.2, 0) is 0 Å². The molecule has 150 valence electrons. The average molecular weight is 413 g/mol. The first kappa shape index (κ1) is 19.5. The van der Waals surface area contributed by atoms with Crippen LogP contribution in [0.15, 0.2) is 54.6 Å². The number of rotatable bonds is 3. The molecule has 2 aromatic carbocycles. The fourth-order valence-corrected chi connectivity index (χ4v) is 4.02. The number of benzene rings is 2. The van der Waals surface area contributed by atoms with Crippen molar-refractivity contribution >= 4 is 23.2 Å². The van der Waals surface area contributed by atoms with Crippen molar-refractivity contribution in [3.63, 3.8) is 0 Å². The zero-order valence-electron chi connectivity index (χ0n) is 16.2. The predicted molar refractivity (Wildman–Crippen MR) is 112 cm³/mol. The number of para-hydroxylation sites is 1. The van der Waals surface area contributed by atoms with Gasteiger partial charge < -0.3 is 9.80 Å². The Hall–Kier alpha value is -2.86. The molecule has 1 aromatic heterocycles. The number of hydrogen-bond donors (Lipinski definition) is 0. The second-order valence-electron chi connectivity index (χ2n) is 7.11. The standard InChI is InChI=1S/C22H22ClFN4O/c1-16-20(21(23)28(25-16)19-6-3-2-4-7-19)22(29)27-13-5-12-26(14-15-27)18-10-8-17(24)9-11-18/h2-4,6-11H,5,12-15H2,1H3. The molecule has 4 rings (SSSR count). The molecule has 7 heteroatoms. The van der Waals surface area contributed by atoms with Gasteiger partial charge in [-0.25, -0.2) is 9.07 Å². The number of carbonyl (C=O) groups is 1. The molecule has 3 aromatic rings. The summed E-state index contributed by atoms with van der Waals surface area (Å²) in [7, 11) is 0. The number of halogens is 2. The quantitative estimate of drug-likeness (QED) is 0.643. The van der Waals surface area contributed by atoms with Gasteiger partial charge in [-0.3, -0.25) is 4.79 Å². The van der Waals surface area contributed by atoms with Crippen LogP contribution in [0, 0.1) is 12.7 Å². The van der Waals surface area contributed by atoms with Gasteiger partial charge in [0.05, 0.1) is 16.9 Å². The highest BCUT2D eigenvalue weighted by molar-refractivity contribution is 6.33. The van der Waals surface area contributed by atoms with Gasteiger partial charge in [-0.1, -0.05) is 29.8 Å². The molecule has 1 amide bonds. The lowest BCUT2D eigenvalue weighted by atomic mass is 10.2. The third-order valence-electron chi connectivity index (χ3n) is 5.19. The number of carbonyl (C=O) groups excluding carboxylic acids is 1. The van der Waals surface area contributed by atoms with Crippen molar-refractivity contribution in [3.8, 4) is 5.69 Å². The third kappa shape index (κ3) is 3.98.